The predicted octanol–water partition coefficient (Wildman–Crippen LogP) is 1.14. The fourth-order valence-corrected chi connectivity index (χ4v) is 1.41. The molecule has 0 heterocycles. The first-order valence-corrected chi connectivity index (χ1v) is 3.60. The van der Waals surface area contributed by atoms with Gasteiger partial charge in [0.05, 0.1) is 5.71 Å². The SMILES string of the molecule is CC(=NO)C1(O)CCCC1. The normalized spacial score (nSPS) is 25.2. The van der Waals surface area contributed by atoms with Crippen LogP contribution in [0.25, 0.3) is 0 Å². The molecule has 1 aliphatic carbocycles. The molecule has 58 valence electrons. The van der Waals surface area contributed by atoms with Crippen LogP contribution in [-0.4, -0.2) is 21.6 Å². The quantitative estimate of drug-likeness (QED) is 0.328. The highest BCUT2D eigenvalue weighted by Crippen LogP contribution is 2.30. The van der Waals surface area contributed by atoms with Gasteiger partial charge in [0.2, 0.25) is 0 Å². The Morgan fingerprint density at radius 1 is 1.40 bits per heavy atom. The van der Waals surface area contributed by atoms with Crippen LogP contribution in [0.3, 0.4) is 0 Å². The first-order chi connectivity index (χ1) is 4.69. The minimum absolute atomic E-state index is 0.449. The van der Waals surface area contributed by atoms with Crippen molar-refractivity contribution in [3.8, 4) is 0 Å². The molecule has 0 aromatic rings. The van der Waals surface area contributed by atoms with Crippen LogP contribution in [0.2, 0.25) is 0 Å². The summed E-state index contributed by atoms with van der Waals surface area (Å²) < 4.78 is 0. The highest BCUT2D eigenvalue weighted by Gasteiger charge is 2.34. The number of hydrogen-bond donors (Lipinski definition) is 2. The first kappa shape index (κ1) is 7.54. The molecular formula is C7H13NO2. The fourth-order valence-electron chi connectivity index (χ4n) is 1.41. The van der Waals surface area contributed by atoms with Crippen molar-refractivity contribution in [3.05, 3.63) is 0 Å². The van der Waals surface area contributed by atoms with Crippen LogP contribution >= 0.6 is 0 Å². The van der Waals surface area contributed by atoms with Crippen LogP contribution in [0.1, 0.15) is 32.6 Å². The molecule has 0 spiro atoms. The van der Waals surface area contributed by atoms with E-state index in [1.165, 1.54) is 0 Å². The molecule has 0 aliphatic heterocycles. The second-order valence-electron chi connectivity index (χ2n) is 2.92. The van der Waals surface area contributed by atoms with Gasteiger partial charge in [-0.05, 0) is 19.8 Å². The summed E-state index contributed by atoms with van der Waals surface area (Å²) in [6, 6.07) is 0. The zero-order valence-corrected chi connectivity index (χ0v) is 6.17. The van der Waals surface area contributed by atoms with Gasteiger partial charge in [-0.3, -0.25) is 0 Å². The van der Waals surface area contributed by atoms with E-state index in [-0.39, 0.29) is 0 Å². The minimum atomic E-state index is -0.797. The molecule has 0 aromatic heterocycles. The summed E-state index contributed by atoms with van der Waals surface area (Å²) in [6.45, 7) is 1.66. The molecule has 1 aliphatic rings. The molecular weight excluding hydrogens is 130 g/mol. The van der Waals surface area contributed by atoms with Crippen molar-refractivity contribution < 1.29 is 10.3 Å². The number of oxime groups is 1. The second-order valence-corrected chi connectivity index (χ2v) is 2.92. The largest absolute Gasteiger partial charge is 0.411 e. The van der Waals surface area contributed by atoms with Gasteiger partial charge < -0.3 is 10.3 Å². The summed E-state index contributed by atoms with van der Waals surface area (Å²) in [5.41, 5.74) is -0.348. The maximum atomic E-state index is 9.67. The second kappa shape index (κ2) is 2.58. The van der Waals surface area contributed by atoms with Gasteiger partial charge >= 0.3 is 0 Å². The zero-order valence-electron chi connectivity index (χ0n) is 6.17. The van der Waals surface area contributed by atoms with Crippen LogP contribution in [0.4, 0.5) is 0 Å². The number of rotatable bonds is 1. The molecule has 1 rings (SSSR count). The van der Waals surface area contributed by atoms with Gasteiger partial charge in [-0.2, -0.15) is 0 Å². The first-order valence-electron chi connectivity index (χ1n) is 3.60. The standard InChI is InChI=1S/C7H13NO2/c1-6(8-10)7(9)4-2-3-5-7/h9-10H,2-5H2,1H3. The molecule has 0 atom stereocenters. The molecule has 3 heteroatoms. The van der Waals surface area contributed by atoms with Crippen molar-refractivity contribution in [2.75, 3.05) is 0 Å². The summed E-state index contributed by atoms with van der Waals surface area (Å²) in [5.74, 6) is 0. The molecule has 0 saturated heterocycles. The molecule has 1 fully saturated rings. The van der Waals surface area contributed by atoms with Crippen molar-refractivity contribution in [1.82, 2.24) is 0 Å². The van der Waals surface area contributed by atoms with Gasteiger partial charge in [0.1, 0.15) is 5.60 Å². The number of nitrogens with zero attached hydrogens (tertiary/aromatic N) is 1. The van der Waals surface area contributed by atoms with Crippen LogP contribution in [-0.2, 0) is 0 Å². The molecule has 0 amide bonds. The molecule has 0 unspecified atom stereocenters. The summed E-state index contributed by atoms with van der Waals surface area (Å²) in [7, 11) is 0. The van der Waals surface area contributed by atoms with E-state index in [1.807, 2.05) is 0 Å². The van der Waals surface area contributed by atoms with Crippen molar-refractivity contribution in [2.45, 2.75) is 38.2 Å². The lowest BCUT2D eigenvalue weighted by molar-refractivity contribution is 0.114. The Hall–Kier alpha value is -0.570. The summed E-state index contributed by atoms with van der Waals surface area (Å²) >= 11 is 0. The predicted molar refractivity (Wildman–Crippen MR) is 38.3 cm³/mol. The maximum absolute atomic E-state index is 9.67. The van der Waals surface area contributed by atoms with E-state index in [9.17, 15) is 5.11 Å². The Morgan fingerprint density at radius 3 is 2.30 bits per heavy atom. The lowest BCUT2D eigenvalue weighted by atomic mass is 9.97. The van der Waals surface area contributed by atoms with E-state index in [4.69, 9.17) is 5.21 Å². The van der Waals surface area contributed by atoms with Crippen LogP contribution in [0.15, 0.2) is 5.16 Å². The Bertz CT molecular complexity index is 148. The molecule has 2 N–H and O–H groups in total. The fraction of sp³-hybridized carbons (Fsp3) is 0.857. The average molecular weight is 143 g/mol. The van der Waals surface area contributed by atoms with Crippen LogP contribution in [0, 0.1) is 0 Å². The molecule has 0 radical (unpaired) electrons. The van der Waals surface area contributed by atoms with E-state index in [1.54, 1.807) is 6.92 Å². The van der Waals surface area contributed by atoms with Gasteiger partial charge in [-0.25, -0.2) is 0 Å². The van der Waals surface area contributed by atoms with Crippen LogP contribution in [0.5, 0.6) is 0 Å². The van der Waals surface area contributed by atoms with Crippen molar-refractivity contribution >= 4 is 5.71 Å². The molecule has 3 nitrogen and oxygen atoms in total. The van der Waals surface area contributed by atoms with Gasteiger partial charge in [-0.1, -0.05) is 18.0 Å². The number of hydrogen-bond acceptors (Lipinski definition) is 3. The monoisotopic (exact) mass is 143 g/mol. The average Bonchev–Trinajstić information content (AvgIpc) is 2.36. The Labute approximate surface area is 60.4 Å². The van der Waals surface area contributed by atoms with Crippen LogP contribution < -0.4 is 0 Å². The van der Waals surface area contributed by atoms with Gasteiger partial charge in [0.15, 0.2) is 0 Å². The van der Waals surface area contributed by atoms with Gasteiger partial charge in [-0.15, -0.1) is 0 Å². The third-order valence-corrected chi connectivity index (χ3v) is 2.25. The molecule has 0 aromatic carbocycles. The summed E-state index contributed by atoms with van der Waals surface area (Å²) in [4.78, 5) is 0. The van der Waals surface area contributed by atoms with Crippen molar-refractivity contribution in [1.29, 1.82) is 0 Å². The smallest absolute Gasteiger partial charge is 0.106 e. The third kappa shape index (κ3) is 1.14. The minimum Gasteiger partial charge on any atom is -0.411 e. The highest BCUT2D eigenvalue weighted by atomic mass is 16.4. The van der Waals surface area contributed by atoms with E-state index in [0.717, 1.165) is 25.7 Å². The van der Waals surface area contributed by atoms with E-state index < -0.39 is 5.60 Å². The summed E-state index contributed by atoms with van der Waals surface area (Å²) in [6.07, 6.45) is 3.54. The Balaban J connectivity index is 2.67. The Kier molecular flexibility index (Phi) is 1.94. The van der Waals surface area contributed by atoms with Gasteiger partial charge in [0.25, 0.3) is 0 Å². The van der Waals surface area contributed by atoms with Crippen molar-refractivity contribution in [2.24, 2.45) is 5.16 Å². The topological polar surface area (TPSA) is 52.8 Å². The molecule has 10 heavy (non-hydrogen) atoms. The summed E-state index contributed by atoms with van der Waals surface area (Å²) in [5, 5.41) is 21.1. The lowest BCUT2D eigenvalue weighted by Gasteiger charge is -2.19. The zero-order chi connectivity index (χ0) is 7.61. The molecule has 0 bridgehead atoms. The highest BCUT2D eigenvalue weighted by molar-refractivity contribution is 5.89. The van der Waals surface area contributed by atoms with E-state index in [2.05, 4.69) is 5.16 Å². The maximum Gasteiger partial charge on any atom is 0.106 e. The van der Waals surface area contributed by atoms with Crippen molar-refractivity contribution in [3.63, 3.8) is 0 Å². The van der Waals surface area contributed by atoms with Gasteiger partial charge in [0, 0.05) is 0 Å². The lowest BCUT2D eigenvalue weighted by Crippen LogP contribution is -2.33. The number of aliphatic hydroxyl groups is 1. The van der Waals surface area contributed by atoms with E-state index in [0.29, 0.717) is 5.71 Å². The van der Waals surface area contributed by atoms with E-state index >= 15 is 0 Å². The third-order valence-electron chi connectivity index (χ3n) is 2.25. The molecule has 1 saturated carbocycles. The Morgan fingerprint density at radius 2 is 1.90 bits per heavy atom.